The van der Waals surface area contributed by atoms with Gasteiger partial charge in [0, 0.05) is 19.1 Å². The standard InChI is InChI=1S/C23H28N2O5/c1-5-6-13-30-21-11-7-17(14-22(21)29-4)8-12-23(27)25-20-15-18(28-3)9-10-19(20)24-16(2)26/h7-12,14-15H,5-6,13H2,1-4H3,(H,24,26)(H,25,27). The summed E-state index contributed by atoms with van der Waals surface area (Å²) in [6.07, 6.45) is 5.10. The molecule has 160 valence electrons. The van der Waals surface area contributed by atoms with Gasteiger partial charge in [0.15, 0.2) is 11.5 Å². The minimum atomic E-state index is -0.350. The first kappa shape index (κ1) is 22.8. The highest BCUT2D eigenvalue weighted by Crippen LogP contribution is 2.29. The van der Waals surface area contributed by atoms with E-state index in [1.807, 2.05) is 12.1 Å². The van der Waals surface area contributed by atoms with Crippen molar-refractivity contribution in [3.05, 3.63) is 48.0 Å². The van der Waals surface area contributed by atoms with Crippen LogP contribution in [0.4, 0.5) is 11.4 Å². The van der Waals surface area contributed by atoms with Gasteiger partial charge in [-0.2, -0.15) is 0 Å². The van der Waals surface area contributed by atoms with Crippen LogP contribution in [0, 0.1) is 0 Å². The molecule has 0 aliphatic heterocycles. The third-order valence-corrected chi connectivity index (χ3v) is 4.17. The van der Waals surface area contributed by atoms with Gasteiger partial charge >= 0.3 is 0 Å². The van der Waals surface area contributed by atoms with Gasteiger partial charge < -0.3 is 24.8 Å². The fraction of sp³-hybridized carbons (Fsp3) is 0.304. The predicted octanol–water partition coefficient (Wildman–Crippen LogP) is 4.49. The minimum Gasteiger partial charge on any atom is -0.497 e. The van der Waals surface area contributed by atoms with Crippen LogP contribution in [0.3, 0.4) is 0 Å². The zero-order valence-corrected chi connectivity index (χ0v) is 17.8. The number of hydrogen-bond donors (Lipinski definition) is 2. The second-order valence-corrected chi connectivity index (χ2v) is 6.53. The van der Waals surface area contributed by atoms with E-state index < -0.39 is 0 Å². The second kappa shape index (κ2) is 11.5. The zero-order valence-electron chi connectivity index (χ0n) is 17.8. The van der Waals surface area contributed by atoms with Crippen molar-refractivity contribution >= 4 is 29.3 Å². The van der Waals surface area contributed by atoms with Crippen molar-refractivity contribution in [2.24, 2.45) is 0 Å². The van der Waals surface area contributed by atoms with Crippen LogP contribution in [-0.2, 0) is 9.59 Å². The molecular formula is C23H28N2O5. The number of ether oxygens (including phenoxy) is 3. The number of benzene rings is 2. The van der Waals surface area contributed by atoms with Crippen molar-refractivity contribution in [2.45, 2.75) is 26.7 Å². The summed E-state index contributed by atoms with van der Waals surface area (Å²) in [6, 6.07) is 10.5. The van der Waals surface area contributed by atoms with Gasteiger partial charge in [-0.05, 0) is 42.3 Å². The van der Waals surface area contributed by atoms with Crippen LogP contribution in [-0.4, -0.2) is 32.6 Å². The first-order valence-electron chi connectivity index (χ1n) is 9.72. The largest absolute Gasteiger partial charge is 0.497 e. The van der Waals surface area contributed by atoms with Crippen LogP contribution in [0.2, 0.25) is 0 Å². The normalized spacial score (nSPS) is 10.5. The Labute approximate surface area is 177 Å². The Morgan fingerprint density at radius 3 is 2.43 bits per heavy atom. The van der Waals surface area contributed by atoms with Crippen molar-refractivity contribution < 1.29 is 23.8 Å². The number of carbonyl (C=O) groups is 2. The van der Waals surface area contributed by atoms with Gasteiger partial charge in [0.05, 0.1) is 32.2 Å². The third-order valence-electron chi connectivity index (χ3n) is 4.17. The predicted molar refractivity (Wildman–Crippen MR) is 118 cm³/mol. The molecule has 0 saturated carbocycles. The zero-order chi connectivity index (χ0) is 21.9. The molecule has 2 aromatic rings. The quantitative estimate of drug-likeness (QED) is 0.443. The van der Waals surface area contributed by atoms with Crippen LogP contribution in [0.5, 0.6) is 17.2 Å². The fourth-order valence-corrected chi connectivity index (χ4v) is 2.63. The maximum Gasteiger partial charge on any atom is 0.248 e. The lowest BCUT2D eigenvalue weighted by Crippen LogP contribution is -2.13. The van der Waals surface area contributed by atoms with Crippen LogP contribution in [0.25, 0.3) is 6.08 Å². The molecule has 7 heteroatoms. The summed E-state index contributed by atoms with van der Waals surface area (Å²) in [7, 11) is 3.11. The molecule has 0 radical (unpaired) electrons. The number of hydrogen-bond acceptors (Lipinski definition) is 5. The van der Waals surface area contributed by atoms with E-state index in [0.29, 0.717) is 35.2 Å². The Kier molecular flexibility index (Phi) is 8.75. The average Bonchev–Trinajstić information content (AvgIpc) is 2.73. The molecule has 7 nitrogen and oxygen atoms in total. The molecule has 0 bridgehead atoms. The van der Waals surface area contributed by atoms with E-state index in [9.17, 15) is 9.59 Å². The fourth-order valence-electron chi connectivity index (χ4n) is 2.63. The van der Waals surface area contributed by atoms with Crippen molar-refractivity contribution in [1.82, 2.24) is 0 Å². The van der Waals surface area contributed by atoms with E-state index >= 15 is 0 Å². The topological polar surface area (TPSA) is 85.9 Å². The van der Waals surface area contributed by atoms with Crippen LogP contribution in [0.1, 0.15) is 32.3 Å². The molecule has 2 N–H and O–H groups in total. The lowest BCUT2D eigenvalue weighted by atomic mass is 10.2. The van der Waals surface area contributed by atoms with Gasteiger partial charge in [-0.1, -0.05) is 19.4 Å². The molecule has 0 atom stereocenters. The van der Waals surface area contributed by atoms with E-state index in [1.165, 1.54) is 20.1 Å². The summed E-state index contributed by atoms with van der Waals surface area (Å²) >= 11 is 0. The highest BCUT2D eigenvalue weighted by molar-refractivity contribution is 6.05. The molecule has 0 heterocycles. The van der Waals surface area contributed by atoms with Gasteiger partial charge in [-0.25, -0.2) is 0 Å². The SMILES string of the molecule is CCCCOc1ccc(C=CC(=O)Nc2cc(OC)ccc2NC(C)=O)cc1OC. The molecule has 2 amide bonds. The van der Waals surface area contributed by atoms with Gasteiger partial charge in [0.1, 0.15) is 5.75 Å². The van der Waals surface area contributed by atoms with Crippen molar-refractivity contribution in [1.29, 1.82) is 0 Å². The first-order chi connectivity index (χ1) is 14.5. The minimum absolute atomic E-state index is 0.237. The molecule has 2 rings (SSSR count). The molecule has 0 saturated heterocycles. The number of amides is 2. The number of rotatable bonds is 10. The highest BCUT2D eigenvalue weighted by atomic mass is 16.5. The van der Waals surface area contributed by atoms with Crippen LogP contribution in [0.15, 0.2) is 42.5 Å². The Morgan fingerprint density at radius 1 is 0.967 bits per heavy atom. The summed E-state index contributed by atoms with van der Waals surface area (Å²) in [4.78, 5) is 23.8. The monoisotopic (exact) mass is 412 g/mol. The Bertz CT molecular complexity index is 908. The van der Waals surface area contributed by atoms with Crippen molar-refractivity contribution in [3.63, 3.8) is 0 Å². The lowest BCUT2D eigenvalue weighted by Gasteiger charge is -2.12. The van der Waals surface area contributed by atoms with Gasteiger partial charge in [0.2, 0.25) is 11.8 Å². The van der Waals surface area contributed by atoms with E-state index in [0.717, 1.165) is 18.4 Å². The maximum atomic E-state index is 12.4. The van der Waals surface area contributed by atoms with Gasteiger partial charge in [0.25, 0.3) is 0 Å². The Morgan fingerprint density at radius 2 is 1.77 bits per heavy atom. The summed E-state index contributed by atoms with van der Waals surface area (Å²) in [5.41, 5.74) is 1.72. The van der Waals surface area contributed by atoms with E-state index in [4.69, 9.17) is 14.2 Å². The number of methoxy groups -OCH3 is 2. The van der Waals surface area contributed by atoms with Crippen LogP contribution < -0.4 is 24.8 Å². The first-order valence-corrected chi connectivity index (χ1v) is 9.72. The Balaban J connectivity index is 2.11. The average molecular weight is 412 g/mol. The number of unbranched alkanes of at least 4 members (excludes halogenated alkanes) is 1. The van der Waals surface area contributed by atoms with Crippen LogP contribution >= 0.6 is 0 Å². The molecular weight excluding hydrogens is 384 g/mol. The van der Waals surface area contributed by atoms with E-state index in [2.05, 4.69) is 17.6 Å². The van der Waals surface area contributed by atoms with Crippen molar-refractivity contribution in [3.8, 4) is 17.2 Å². The highest BCUT2D eigenvalue weighted by Gasteiger charge is 2.09. The maximum absolute atomic E-state index is 12.4. The lowest BCUT2D eigenvalue weighted by molar-refractivity contribution is -0.114. The number of anilines is 2. The number of carbonyl (C=O) groups excluding carboxylic acids is 2. The molecule has 0 aliphatic rings. The second-order valence-electron chi connectivity index (χ2n) is 6.53. The van der Waals surface area contributed by atoms with Gasteiger partial charge in [-0.15, -0.1) is 0 Å². The molecule has 0 aliphatic carbocycles. The molecule has 0 spiro atoms. The molecule has 30 heavy (non-hydrogen) atoms. The van der Waals surface area contributed by atoms with E-state index in [1.54, 1.807) is 37.5 Å². The summed E-state index contributed by atoms with van der Waals surface area (Å²) in [6.45, 7) is 4.13. The number of nitrogens with one attached hydrogen (secondary N) is 2. The summed E-state index contributed by atoms with van der Waals surface area (Å²) in [5, 5.41) is 5.44. The molecule has 0 unspecified atom stereocenters. The molecule has 0 aromatic heterocycles. The third kappa shape index (κ3) is 6.84. The van der Waals surface area contributed by atoms with E-state index in [-0.39, 0.29) is 11.8 Å². The smallest absolute Gasteiger partial charge is 0.248 e. The van der Waals surface area contributed by atoms with Crippen molar-refractivity contribution in [2.75, 3.05) is 31.5 Å². The molecule has 0 fully saturated rings. The summed E-state index contributed by atoms with van der Waals surface area (Å²) in [5.74, 6) is 1.25. The molecule has 2 aromatic carbocycles. The van der Waals surface area contributed by atoms with Gasteiger partial charge in [-0.3, -0.25) is 9.59 Å². The Hall–Kier alpha value is -3.48. The summed E-state index contributed by atoms with van der Waals surface area (Å²) < 4.78 is 16.3.